The van der Waals surface area contributed by atoms with Gasteiger partial charge in [0.25, 0.3) is 5.56 Å². The molecule has 2 aromatic carbocycles. The van der Waals surface area contributed by atoms with Crippen molar-refractivity contribution in [3.8, 4) is 11.5 Å². The van der Waals surface area contributed by atoms with Crippen molar-refractivity contribution in [1.82, 2.24) is 14.9 Å². The normalized spacial score (nSPS) is 13.2. The first kappa shape index (κ1) is 24.6. The molecule has 0 aliphatic carbocycles. The van der Waals surface area contributed by atoms with Crippen molar-refractivity contribution in [2.75, 3.05) is 13.9 Å². The lowest BCUT2D eigenvalue weighted by atomic mass is 10.1. The van der Waals surface area contributed by atoms with E-state index in [-0.39, 0.29) is 24.2 Å². The highest BCUT2D eigenvalue weighted by molar-refractivity contribution is 8.00. The lowest BCUT2D eigenvalue weighted by Crippen LogP contribution is -2.32. The van der Waals surface area contributed by atoms with E-state index in [1.165, 1.54) is 24.9 Å². The Labute approximate surface area is 206 Å². The van der Waals surface area contributed by atoms with Gasteiger partial charge in [-0.05, 0) is 48.7 Å². The topological polar surface area (TPSA) is 109 Å². The van der Waals surface area contributed by atoms with Gasteiger partial charge in [-0.1, -0.05) is 31.7 Å². The van der Waals surface area contributed by atoms with Crippen LogP contribution in [0.5, 0.6) is 11.5 Å². The highest BCUT2D eigenvalue weighted by Gasteiger charge is 2.21. The summed E-state index contributed by atoms with van der Waals surface area (Å²) >= 11 is 1.20. The van der Waals surface area contributed by atoms with E-state index in [2.05, 4.69) is 10.3 Å². The maximum atomic E-state index is 13.3. The molecule has 1 aliphatic heterocycles. The minimum absolute atomic E-state index is 0.191. The Morgan fingerprint density at radius 1 is 1.14 bits per heavy atom. The standard InChI is InChI=1S/C25H27N3O6S/c1-14(2)12-28-23(30)18-7-6-17(24(31)32-4)10-19(18)27-25(28)35-15(3)22(29)26-11-16-5-8-20-21(9-16)34-13-33-20/h5-10,14-15H,11-13H2,1-4H3,(H,26,29)/t15-/m0/s1. The lowest BCUT2D eigenvalue weighted by Gasteiger charge is -2.18. The number of ether oxygens (including phenoxy) is 3. The third-order valence-electron chi connectivity index (χ3n) is 5.44. The number of carbonyl (C=O) groups excluding carboxylic acids is 2. The number of esters is 1. The predicted octanol–water partition coefficient (Wildman–Crippen LogP) is 3.36. The number of hydrogen-bond donors (Lipinski definition) is 1. The summed E-state index contributed by atoms with van der Waals surface area (Å²) in [5.41, 5.74) is 1.36. The van der Waals surface area contributed by atoms with E-state index in [0.29, 0.717) is 46.2 Å². The van der Waals surface area contributed by atoms with E-state index < -0.39 is 11.2 Å². The number of amides is 1. The van der Waals surface area contributed by atoms with Crippen molar-refractivity contribution in [2.45, 2.75) is 44.3 Å². The molecule has 0 saturated heterocycles. The SMILES string of the molecule is COC(=O)c1ccc2c(=O)n(CC(C)C)c(S[C@@H](C)C(=O)NCc3ccc4c(c3)OCO4)nc2c1. The third kappa shape index (κ3) is 5.43. The fraction of sp³-hybridized carbons (Fsp3) is 0.360. The van der Waals surface area contributed by atoms with Gasteiger partial charge in [-0.2, -0.15) is 0 Å². The van der Waals surface area contributed by atoms with Gasteiger partial charge < -0.3 is 19.5 Å². The largest absolute Gasteiger partial charge is 0.465 e. The van der Waals surface area contributed by atoms with Crippen LogP contribution in [0.25, 0.3) is 10.9 Å². The predicted molar refractivity (Wildman–Crippen MR) is 132 cm³/mol. The van der Waals surface area contributed by atoms with Gasteiger partial charge >= 0.3 is 5.97 Å². The summed E-state index contributed by atoms with van der Waals surface area (Å²) in [6.45, 7) is 6.75. The summed E-state index contributed by atoms with van der Waals surface area (Å²) in [6, 6.07) is 10.2. The van der Waals surface area contributed by atoms with Crippen molar-refractivity contribution >= 4 is 34.5 Å². The third-order valence-corrected chi connectivity index (χ3v) is 6.53. The van der Waals surface area contributed by atoms with Crippen LogP contribution in [0.1, 0.15) is 36.7 Å². The molecule has 35 heavy (non-hydrogen) atoms. The van der Waals surface area contributed by atoms with Crippen LogP contribution in [0.4, 0.5) is 0 Å². The molecule has 0 fully saturated rings. The molecule has 1 atom stereocenters. The Hall–Kier alpha value is -3.53. The Morgan fingerprint density at radius 3 is 2.66 bits per heavy atom. The van der Waals surface area contributed by atoms with Crippen LogP contribution in [0, 0.1) is 5.92 Å². The fourth-order valence-corrected chi connectivity index (χ4v) is 4.60. The average Bonchev–Trinajstić information content (AvgIpc) is 3.31. The highest BCUT2D eigenvalue weighted by Crippen LogP contribution is 2.32. The number of nitrogens with one attached hydrogen (secondary N) is 1. The van der Waals surface area contributed by atoms with Crippen LogP contribution >= 0.6 is 11.8 Å². The quantitative estimate of drug-likeness (QED) is 0.287. The van der Waals surface area contributed by atoms with Gasteiger partial charge in [0.05, 0.1) is 28.8 Å². The number of nitrogens with zero attached hydrogens (tertiary/aromatic N) is 2. The molecule has 184 valence electrons. The first-order valence-electron chi connectivity index (χ1n) is 11.2. The van der Waals surface area contributed by atoms with E-state index in [1.807, 2.05) is 32.0 Å². The molecule has 1 N–H and O–H groups in total. The Morgan fingerprint density at radius 2 is 1.91 bits per heavy atom. The Bertz CT molecular complexity index is 1340. The van der Waals surface area contributed by atoms with E-state index >= 15 is 0 Å². The summed E-state index contributed by atoms with van der Waals surface area (Å²) in [5.74, 6) is 0.830. The number of methoxy groups -OCH3 is 1. The molecule has 0 saturated carbocycles. The van der Waals surface area contributed by atoms with Crippen LogP contribution in [0.15, 0.2) is 46.3 Å². The summed E-state index contributed by atoms with van der Waals surface area (Å²) in [4.78, 5) is 42.7. The number of carbonyl (C=O) groups is 2. The zero-order valence-electron chi connectivity index (χ0n) is 20.0. The summed E-state index contributed by atoms with van der Waals surface area (Å²) in [5, 5.41) is 3.23. The average molecular weight is 498 g/mol. The smallest absolute Gasteiger partial charge is 0.337 e. The number of rotatable bonds is 8. The van der Waals surface area contributed by atoms with Gasteiger partial charge in [0, 0.05) is 13.1 Å². The maximum absolute atomic E-state index is 13.3. The summed E-state index contributed by atoms with van der Waals surface area (Å²) in [7, 11) is 1.30. The minimum Gasteiger partial charge on any atom is -0.465 e. The fourth-order valence-electron chi connectivity index (χ4n) is 3.66. The van der Waals surface area contributed by atoms with Gasteiger partial charge in [-0.25, -0.2) is 9.78 Å². The molecule has 9 nitrogen and oxygen atoms in total. The number of thioether (sulfide) groups is 1. The molecule has 1 aromatic heterocycles. The molecule has 0 radical (unpaired) electrons. The molecule has 4 rings (SSSR count). The van der Waals surface area contributed by atoms with E-state index in [9.17, 15) is 14.4 Å². The zero-order chi connectivity index (χ0) is 25.1. The number of hydrogen-bond acceptors (Lipinski definition) is 8. The molecular weight excluding hydrogens is 470 g/mol. The van der Waals surface area contributed by atoms with Crippen LogP contribution in [-0.4, -0.2) is 40.6 Å². The molecule has 0 unspecified atom stereocenters. The molecule has 3 aromatic rings. The Kier molecular flexibility index (Phi) is 7.30. The summed E-state index contributed by atoms with van der Waals surface area (Å²) in [6.07, 6.45) is 0. The lowest BCUT2D eigenvalue weighted by molar-refractivity contribution is -0.120. The van der Waals surface area contributed by atoms with E-state index in [1.54, 1.807) is 23.6 Å². The number of benzene rings is 2. The minimum atomic E-state index is -0.518. The molecule has 0 bridgehead atoms. The van der Waals surface area contributed by atoms with Crippen LogP contribution in [-0.2, 0) is 22.6 Å². The van der Waals surface area contributed by atoms with E-state index in [4.69, 9.17) is 14.2 Å². The highest BCUT2D eigenvalue weighted by atomic mass is 32.2. The van der Waals surface area contributed by atoms with Crippen molar-refractivity contribution in [3.63, 3.8) is 0 Å². The molecule has 10 heteroatoms. The van der Waals surface area contributed by atoms with Crippen molar-refractivity contribution in [1.29, 1.82) is 0 Å². The second-order valence-electron chi connectivity index (χ2n) is 8.59. The Balaban J connectivity index is 1.56. The van der Waals surface area contributed by atoms with Gasteiger partial charge in [-0.15, -0.1) is 0 Å². The van der Waals surface area contributed by atoms with Crippen molar-refractivity contribution in [2.24, 2.45) is 5.92 Å². The molecule has 1 amide bonds. The first-order chi connectivity index (χ1) is 16.8. The second kappa shape index (κ2) is 10.4. The number of fused-ring (bicyclic) bond motifs is 2. The van der Waals surface area contributed by atoms with Gasteiger partial charge in [0.15, 0.2) is 16.7 Å². The molecule has 0 spiro atoms. The summed E-state index contributed by atoms with van der Waals surface area (Å²) < 4.78 is 17.1. The van der Waals surface area contributed by atoms with Crippen molar-refractivity contribution < 1.29 is 23.8 Å². The van der Waals surface area contributed by atoms with Gasteiger partial charge in [0.1, 0.15) is 0 Å². The first-order valence-corrected chi connectivity index (χ1v) is 12.1. The van der Waals surface area contributed by atoms with Crippen LogP contribution in [0.2, 0.25) is 0 Å². The molecule has 2 heterocycles. The van der Waals surface area contributed by atoms with Gasteiger partial charge in [0.2, 0.25) is 12.7 Å². The zero-order valence-corrected chi connectivity index (χ0v) is 20.8. The number of aromatic nitrogens is 2. The van der Waals surface area contributed by atoms with Gasteiger partial charge in [-0.3, -0.25) is 14.2 Å². The van der Waals surface area contributed by atoms with E-state index in [0.717, 1.165) is 5.56 Å². The second-order valence-corrected chi connectivity index (χ2v) is 9.90. The monoisotopic (exact) mass is 497 g/mol. The van der Waals surface area contributed by atoms with Crippen LogP contribution < -0.4 is 20.3 Å². The maximum Gasteiger partial charge on any atom is 0.337 e. The molecular formula is C25H27N3O6S. The molecule has 1 aliphatic rings. The van der Waals surface area contributed by atoms with Crippen LogP contribution in [0.3, 0.4) is 0 Å². The van der Waals surface area contributed by atoms with Crippen molar-refractivity contribution in [3.05, 3.63) is 57.9 Å².